The molecule has 168 valence electrons. The van der Waals surface area contributed by atoms with Crippen molar-refractivity contribution >= 4 is 5.91 Å². The van der Waals surface area contributed by atoms with Gasteiger partial charge in [0.05, 0.1) is 13.2 Å². The number of carbonyl (C=O) groups is 1. The smallest absolute Gasteiger partial charge is 0.273 e. The van der Waals surface area contributed by atoms with Gasteiger partial charge in [0, 0.05) is 38.8 Å². The molecule has 2 heterocycles. The van der Waals surface area contributed by atoms with Gasteiger partial charge in [-0.3, -0.25) is 14.6 Å². The number of nitrogens with zero attached hydrogens (tertiary/aromatic N) is 3. The minimum atomic E-state index is -0.109. The van der Waals surface area contributed by atoms with E-state index in [9.17, 15) is 4.79 Å². The second-order valence-electron chi connectivity index (χ2n) is 8.56. The van der Waals surface area contributed by atoms with Gasteiger partial charge in [0.15, 0.2) is 5.69 Å². The summed E-state index contributed by atoms with van der Waals surface area (Å²) in [6.07, 6.45) is 7.29. The van der Waals surface area contributed by atoms with Gasteiger partial charge in [-0.2, -0.15) is 0 Å². The fourth-order valence-electron chi connectivity index (χ4n) is 4.41. The van der Waals surface area contributed by atoms with Gasteiger partial charge in [-0.1, -0.05) is 31.4 Å². The summed E-state index contributed by atoms with van der Waals surface area (Å²) < 4.78 is 11.1. The van der Waals surface area contributed by atoms with Crippen LogP contribution in [0.3, 0.4) is 0 Å². The fourth-order valence-corrected chi connectivity index (χ4v) is 4.41. The number of hydrogen-bond donors (Lipinski definition) is 1. The first-order valence-electron chi connectivity index (χ1n) is 11.6. The largest absolute Gasteiger partial charge is 0.494 e. The summed E-state index contributed by atoms with van der Waals surface area (Å²) in [5, 5.41) is 3.10. The second-order valence-corrected chi connectivity index (χ2v) is 8.56. The van der Waals surface area contributed by atoms with Crippen molar-refractivity contribution in [2.45, 2.75) is 58.2 Å². The van der Waals surface area contributed by atoms with Crippen LogP contribution in [-0.2, 0) is 13.1 Å². The van der Waals surface area contributed by atoms with E-state index < -0.39 is 0 Å². The maximum atomic E-state index is 12.4. The van der Waals surface area contributed by atoms with Crippen molar-refractivity contribution in [3.8, 4) is 5.75 Å². The van der Waals surface area contributed by atoms with E-state index in [2.05, 4.69) is 32.2 Å². The third-order valence-electron chi connectivity index (χ3n) is 6.19. The van der Waals surface area contributed by atoms with Crippen LogP contribution in [0.2, 0.25) is 0 Å². The predicted molar refractivity (Wildman–Crippen MR) is 119 cm³/mol. The van der Waals surface area contributed by atoms with Crippen LogP contribution < -0.4 is 10.1 Å². The molecule has 31 heavy (non-hydrogen) atoms. The zero-order valence-corrected chi connectivity index (χ0v) is 18.5. The van der Waals surface area contributed by atoms with Gasteiger partial charge in [0.25, 0.3) is 5.91 Å². The third-order valence-corrected chi connectivity index (χ3v) is 6.19. The third kappa shape index (κ3) is 6.31. The number of piperazine rings is 1. The first-order chi connectivity index (χ1) is 15.2. The molecule has 1 saturated heterocycles. The predicted octanol–water partition coefficient (Wildman–Crippen LogP) is 3.45. The van der Waals surface area contributed by atoms with E-state index >= 15 is 0 Å². The topological polar surface area (TPSA) is 70.8 Å². The molecule has 0 bridgehead atoms. The highest BCUT2D eigenvalue weighted by Crippen LogP contribution is 2.18. The Morgan fingerprint density at radius 1 is 1.06 bits per heavy atom. The number of hydrogen-bond acceptors (Lipinski definition) is 6. The molecule has 4 rings (SSSR count). The SMILES string of the molecule is CCOc1ccc(CN2CCN(Cc3nc(C(=O)NC4CCCCC4)co3)CC2)cc1. The van der Waals surface area contributed by atoms with E-state index in [0.29, 0.717) is 24.7 Å². The highest BCUT2D eigenvalue weighted by molar-refractivity contribution is 5.92. The standard InChI is InChI=1S/C24H34N4O3/c1-2-30-21-10-8-19(9-11-21)16-27-12-14-28(15-13-27)17-23-26-22(18-31-23)24(29)25-20-6-4-3-5-7-20/h8-11,18,20H,2-7,12-17H2,1H3,(H,25,29). The Bertz CT molecular complexity index is 822. The Labute approximate surface area is 184 Å². The lowest BCUT2D eigenvalue weighted by Crippen LogP contribution is -2.45. The van der Waals surface area contributed by atoms with Crippen LogP contribution in [0.4, 0.5) is 0 Å². The normalized spacial score (nSPS) is 18.7. The molecule has 2 fully saturated rings. The Kier molecular flexibility index (Phi) is 7.59. The molecule has 1 amide bonds. The molecule has 1 aromatic carbocycles. The summed E-state index contributed by atoms with van der Waals surface area (Å²) in [6, 6.07) is 8.65. The second kappa shape index (κ2) is 10.8. The summed E-state index contributed by atoms with van der Waals surface area (Å²) in [5.41, 5.74) is 1.70. The summed E-state index contributed by atoms with van der Waals surface area (Å²) in [7, 11) is 0. The molecule has 7 heteroatoms. The number of benzene rings is 1. The molecule has 7 nitrogen and oxygen atoms in total. The summed E-state index contributed by atoms with van der Waals surface area (Å²) >= 11 is 0. The Hall–Kier alpha value is -2.38. The fraction of sp³-hybridized carbons (Fsp3) is 0.583. The molecule has 0 radical (unpaired) electrons. The van der Waals surface area contributed by atoms with Crippen LogP contribution in [-0.4, -0.2) is 59.5 Å². The Morgan fingerprint density at radius 3 is 2.42 bits per heavy atom. The first kappa shape index (κ1) is 21.8. The maximum Gasteiger partial charge on any atom is 0.273 e. The van der Waals surface area contributed by atoms with Crippen molar-refractivity contribution in [3.63, 3.8) is 0 Å². The van der Waals surface area contributed by atoms with Gasteiger partial charge in [-0.15, -0.1) is 0 Å². The molecule has 0 unspecified atom stereocenters. The van der Waals surface area contributed by atoms with Crippen molar-refractivity contribution in [3.05, 3.63) is 47.7 Å². The number of oxazole rings is 1. The lowest BCUT2D eigenvalue weighted by molar-refractivity contribution is 0.0922. The van der Waals surface area contributed by atoms with Crippen molar-refractivity contribution < 1.29 is 13.9 Å². The van der Waals surface area contributed by atoms with Gasteiger partial charge in [-0.25, -0.2) is 4.98 Å². The monoisotopic (exact) mass is 426 g/mol. The van der Waals surface area contributed by atoms with Crippen LogP contribution in [0.25, 0.3) is 0 Å². The van der Waals surface area contributed by atoms with Crippen molar-refractivity contribution in [2.75, 3.05) is 32.8 Å². The number of rotatable bonds is 8. The average molecular weight is 427 g/mol. The van der Waals surface area contributed by atoms with Gasteiger partial charge < -0.3 is 14.5 Å². The Balaban J connectivity index is 1.20. The maximum absolute atomic E-state index is 12.4. The lowest BCUT2D eigenvalue weighted by atomic mass is 9.95. The van der Waals surface area contributed by atoms with Gasteiger partial charge >= 0.3 is 0 Å². The molecular weight excluding hydrogens is 392 g/mol. The minimum absolute atomic E-state index is 0.109. The number of ether oxygens (including phenoxy) is 1. The summed E-state index contributed by atoms with van der Waals surface area (Å²) in [4.78, 5) is 21.7. The van der Waals surface area contributed by atoms with E-state index in [0.717, 1.165) is 51.3 Å². The zero-order valence-electron chi connectivity index (χ0n) is 18.5. The molecule has 1 aliphatic heterocycles. The van der Waals surface area contributed by atoms with Gasteiger partial charge in [-0.05, 0) is 37.5 Å². The number of nitrogens with one attached hydrogen (secondary N) is 1. The van der Waals surface area contributed by atoms with E-state index in [4.69, 9.17) is 9.15 Å². The minimum Gasteiger partial charge on any atom is -0.494 e. The Morgan fingerprint density at radius 2 is 1.74 bits per heavy atom. The molecule has 0 atom stereocenters. The first-order valence-corrected chi connectivity index (χ1v) is 11.6. The van der Waals surface area contributed by atoms with Gasteiger partial charge in [0.2, 0.25) is 5.89 Å². The number of amides is 1. The zero-order chi connectivity index (χ0) is 21.5. The van der Waals surface area contributed by atoms with E-state index in [1.807, 2.05) is 19.1 Å². The van der Waals surface area contributed by atoms with Crippen LogP contribution in [0.1, 0.15) is 61.0 Å². The molecule has 2 aliphatic rings. The highest BCUT2D eigenvalue weighted by atomic mass is 16.5. The van der Waals surface area contributed by atoms with Crippen LogP contribution in [0, 0.1) is 0 Å². The molecule has 1 aliphatic carbocycles. The van der Waals surface area contributed by atoms with Crippen LogP contribution in [0.15, 0.2) is 34.9 Å². The molecule has 1 saturated carbocycles. The quantitative estimate of drug-likeness (QED) is 0.697. The lowest BCUT2D eigenvalue weighted by Gasteiger charge is -2.34. The van der Waals surface area contributed by atoms with Crippen molar-refractivity contribution in [1.29, 1.82) is 0 Å². The van der Waals surface area contributed by atoms with Crippen molar-refractivity contribution in [1.82, 2.24) is 20.1 Å². The van der Waals surface area contributed by atoms with E-state index in [1.54, 1.807) is 0 Å². The molecule has 1 N–H and O–H groups in total. The average Bonchev–Trinajstić information content (AvgIpc) is 3.26. The van der Waals surface area contributed by atoms with Gasteiger partial charge in [0.1, 0.15) is 12.0 Å². The molecular formula is C24H34N4O3. The summed E-state index contributed by atoms with van der Waals surface area (Å²) in [6.45, 7) is 8.22. The molecule has 0 spiro atoms. The van der Waals surface area contributed by atoms with E-state index in [-0.39, 0.29) is 11.9 Å². The molecule has 2 aromatic rings. The number of carbonyl (C=O) groups excluding carboxylic acids is 1. The van der Waals surface area contributed by atoms with Crippen molar-refractivity contribution in [2.24, 2.45) is 0 Å². The highest BCUT2D eigenvalue weighted by Gasteiger charge is 2.22. The van der Waals surface area contributed by atoms with Crippen LogP contribution in [0.5, 0.6) is 5.75 Å². The molecule has 1 aromatic heterocycles. The van der Waals surface area contributed by atoms with E-state index in [1.165, 1.54) is 31.1 Å². The number of aromatic nitrogens is 1. The summed E-state index contributed by atoms with van der Waals surface area (Å²) in [5.74, 6) is 1.43. The van der Waals surface area contributed by atoms with Crippen LogP contribution >= 0.6 is 0 Å².